The molecule has 3 aromatic rings. The minimum atomic E-state index is -1.75. The van der Waals surface area contributed by atoms with Crippen molar-refractivity contribution in [3.8, 4) is 5.75 Å². The summed E-state index contributed by atoms with van der Waals surface area (Å²) < 4.78 is 17.0. The number of rotatable bonds is 58. The van der Waals surface area contributed by atoms with Crippen molar-refractivity contribution in [3.05, 3.63) is 81.3 Å². The summed E-state index contributed by atoms with van der Waals surface area (Å²) >= 11 is 1.07. The van der Waals surface area contributed by atoms with Crippen molar-refractivity contribution in [3.63, 3.8) is 0 Å². The third-order valence-corrected chi connectivity index (χ3v) is 23.3. The first-order valence-corrected chi connectivity index (χ1v) is 43.8. The summed E-state index contributed by atoms with van der Waals surface area (Å²) in [6.45, 7) is 12.0. The maximum Gasteiger partial charge on any atom is 0.373 e. The van der Waals surface area contributed by atoms with Crippen molar-refractivity contribution in [1.29, 1.82) is 0 Å². The molecule has 2 aromatic carbocycles. The minimum absolute atomic E-state index is 0.00217. The molecule has 1 fully saturated rings. The zero-order chi connectivity index (χ0) is 91.8. The molecule has 8 amide bonds. The Morgan fingerprint density at radius 3 is 1.92 bits per heavy atom. The molecule has 2 heterocycles. The first kappa shape index (κ1) is 106. The number of aromatic nitrogens is 1. The third-order valence-electron chi connectivity index (χ3n) is 20.0. The Morgan fingerprint density at radius 2 is 1.31 bits per heavy atom. The summed E-state index contributed by atoms with van der Waals surface area (Å²) in [6.07, 6.45) is 0.551. The van der Waals surface area contributed by atoms with Crippen molar-refractivity contribution in [2.45, 2.75) is 220 Å². The van der Waals surface area contributed by atoms with Crippen LogP contribution in [0.2, 0.25) is 0 Å². The summed E-state index contributed by atoms with van der Waals surface area (Å²) in [4.78, 5) is 244. The number of urea groups is 2. The predicted octanol–water partition coefficient (Wildman–Crippen LogP) is 6.43. The second-order valence-electron chi connectivity index (χ2n) is 30.2. The van der Waals surface area contributed by atoms with Crippen LogP contribution in [-0.4, -0.2) is 241 Å². The number of aromatic hydroxyl groups is 1. The standard InChI is InChI=1S/C81H116N10O26S3.CO2/c1-9-16-72(104)116-46-91(77(108)57(48(5)10-2)39-66(96)62-18-12-14-30-90(62)8)63(47(3)4)41-67(117-50(7)92)76-88-60(44-118-76)64(94)35-54(34-51-24-26-56(93)27-25-51)33-49(6)74(106)84-43-73(105)115-31-32-119-120-45-61(79(111)112)87-75(107)55(38-70(100)101)37-65(95)59(40-71(102)103)86-68(97)36-52-20-22-53(23-21-52)42-85-80(113)82-28-13-11-17-58(78(109)110)89-81(114)83-29-15-19-69(98)99;2-1-3/h20-27,44,47-49,54-55,57-59,61-63,67,93H,9-19,28-43,45-46H2,1-8H3,(H,84,106)(H,86,97)(H,87,107)(H,98,99)(H,100,101)(H,102,103)(H,109,110)(H,111,112)(H2,82,85,113)(H2,83,89,114);/t48?,49-,54+,55-,57-,58-,59-,61-,62+,63+,67+;/m0./s1. The quantitative estimate of drug-likeness (QED) is 0.00723. The van der Waals surface area contributed by atoms with Gasteiger partial charge in [0, 0.05) is 99.8 Å². The van der Waals surface area contributed by atoms with Gasteiger partial charge in [0.15, 0.2) is 30.2 Å². The van der Waals surface area contributed by atoms with E-state index in [4.69, 9.17) is 33.9 Å². The molecule has 1 unspecified atom stereocenters. The molecule has 1 aliphatic rings. The number of piperidine rings is 1. The Bertz CT molecular complexity index is 4050. The zero-order valence-corrected chi connectivity index (χ0v) is 72.8. The smallest absolute Gasteiger partial charge is 0.373 e. The van der Waals surface area contributed by atoms with Gasteiger partial charge in [0.05, 0.1) is 37.3 Å². The number of hydrogen-bond acceptors (Lipinski definition) is 28. The van der Waals surface area contributed by atoms with Gasteiger partial charge >= 0.3 is 66.0 Å². The number of carbonyl (C=O) groups is 17. The lowest BCUT2D eigenvalue weighted by atomic mass is 9.82. The Hall–Kier alpha value is -10.9. The average Bonchev–Trinajstić information content (AvgIpc) is 1.78. The van der Waals surface area contributed by atoms with Crippen LogP contribution < -0.4 is 37.2 Å². The average molecular weight is 1790 g/mol. The van der Waals surface area contributed by atoms with Crippen LogP contribution in [0.5, 0.6) is 5.75 Å². The number of thiazole rings is 1. The largest absolute Gasteiger partial charge is 0.508 e. The molecule has 123 heavy (non-hydrogen) atoms. The molecule has 41 heteroatoms. The van der Waals surface area contributed by atoms with Gasteiger partial charge in [-0.15, -0.1) is 11.3 Å². The number of amides is 8. The fourth-order valence-corrected chi connectivity index (χ4v) is 16.1. The second kappa shape index (κ2) is 57.5. The normalized spacial score (nSPS) is 14.9. The molecule has 0 spiro atoms. The van der Waals surface area contributed by atoms with Crippen molar-refractivity contribution in [2.24, 2.45) is 35.5 Å². The van der Waals surface area contributed by atoms with Crippen molar-refractivity contribution >= 4 is 140 Å². The number of Topliss-reactive ketones (excluding diaryl/α,β-unsaturated/α-hetero) is 3. The van der Waals surface area contributed by atoms with Gasteiger partial charge < -0.3 is 87.0 Å². The van der Waals surface area contributed by atoms with Crippen molar-refractivity contribution < 1.29 is 136 Å². The van der Waals surface area contributed by atoms with Crippen LogP contribution in [0.25, 0.3) is 0 Å². The summed E-state index contributed by atoms with van der Waals surface area (Å²) in [6, 6.07) is 5.51. The number of nitrogens with zero attached hydrogens (tertiary/aromatic N) is 3. The number of hydrogen-bond donors (Lipinski definition) is 13. The Labute approximate surface area is 724 Å². The number of unbranched alkanes of at least 4 members (excludes halogenated alkanes) is 1. The molecule has 1 aromatic heterocycles. The van der Waals surface area contributed by atoms with E-state index in [1.165, 1.54) is 41.5 Å². The lowest BCUT2D eigenvalue weighted by Gasteiger charge is -2.39. The second-order valence-corrected chi connectivity index (χ2v) is 33.7. The van der Waals surface area contributed by atoms with Crippen LogP contribution in [0.3, 0.4) is 0 Å². The maximum atomic E-state index is 15.1. The van der Waals surface area contributed by atoms with Crippen LogP contribution in [0, 0.1) is 35.5 Å². The van der Waals surface area contributed by atoms with Crippen molar-refractivity contribution in [2.75, 3.05) is 58.1 Å². The molecule has 1 saturated heterocycles. The van der Waals surface area contributed by atoms with Crippen LogP contribution in [0.1, 0.15) is 202 Å². The highest BCUT2D eigenvalue weighted by Gasteiger charge is 2.41. The molecule has 4 rings (SSSR count). The van der Waals surface area contributed by atoms with Gasteiger partial charge in [-0.05, 0) is 118 Å². The van der Waals surface area contributed by atoms with E-state index >= 15 is 4.79 Å². The molecule has 0 saturated carbocycles. The van der Waals surface area contributed by atoms with E-state index in [1.54, 1.807) is 31.2 Å². The summed E-state index contributed by atoms with van der Waals surface area (Å²) in [5.74, 6) is -18.0. The van der Waals surface area contributed by atoms with E-state index < -0.39 is 176 Å². The molecule has 0 radical (unpaired) electrons. The van der Waals surface area contributed by atoms with E-state index in [-0.39, 0.29) is 154 Å². The first-order valence-electron chi connectivity index (χ1n) is 40.5. The molecule has 0 bridgehead atoms. The van der Waals surface area contributed by atoms with Crippen LogP contribution in [0.15, 0.2) is 53.9 Å². The van der Waals surface area contributed by atoms with Gasteiger partial charge in [-0.2, -0.15) is 9.59 Å². The number of phenolic OH excluding ortho intramolecular Hbond substituents is 1. The number of phenols is 1. The van der Waals surface area contributed by atoms with Gasteiger partial charge in [0.25, 0.3) is 0 Å². The molecular formula is C82H116N10O28S3. The summed E-state index contributed by atoms with van der Waals surface area (Å²) in [5, 5.41) is 76.5. The van der Waals surface area contributed by atoms with Gasteiger partial charge in [0.1, 0.15) is 41.7 Å². The Balaban J connectivity index is 0.0000128. The summed E-state index contributed by atoms with van der Waals surface area (Å²) in [7, 11) is 3.87. The van der Waals surface area contributed by atoms with E-state index in [1.807, 2.05) is 46.6 Å². The Morgan fingerprint density at radius 1 is 0.667 bits per heavy atom. The highest BCUT2D eigenvalue weighted by atomic mass is 33.1. The Kier molecular flexibility index (Phi) is 49.6. The van der Waals surface area contributed by atoms with E-state index in [0.29, 0.717) is 43.2 Å². The monoisotopic (exact) mass is 1780 g/mol. The molecule has 13 N–H and O–H groups in total. The molecular weight excluding hydrogens is 1670 g/mol. The lowest BCUT2D eigenvalue weighted by Crippen LogP contribution is -2.50. The fourth-order valence-electron chi connectivity index (χ4n) is 13.2. The summed E-state index contributed by atoms with van der Waals surface area (Å²) in [5.41, 5.74) is 1.76. The highest BCUT2D eigenvalue weighted by Crippen LogP contribution is 2.35. The van der Waals surface area contributed by atoms with Crippen molar-refractivity contribution in [1.82, 2.24) is 52.0 Å². The van der Waals surface area contributed by atoms with Gasteiger partial charge in [-0.1, -0.05) is 112 Å². The lowest BCUT2D eigenvalue weighted by molar-refractivity contribution is -0.192. The molecule has 38 nitrogen and oxygen atoms in total. The van der Waals surface area contributed by atoms with E-state index in [0.717, 1.165) is 57.9 Å². The maximum absolute atomic E-state index is 15.1. The number of esters is 3. The predicted molar refractivity (Wildman–Crippen MR) is 446 cm³/mol. The number of ketones is 3. The number of nitrogens with one attached hydrogen (secondary N) is 7. The number of carboxylic acids is 5. The van der Waals surface area contributed by atoms with Gasteiger partial charge in [0.2, 0.25) is 23.6 Å². The molecule has 680 valence electrons. The van der Waals surface area contributed by atoms with Crippen LogP contribution in [0.4, 0.5) is 9.59 Å². The van der Waals surface area contributed by atoms with Gasteiger partial charge in [-0.25, -0.2) is 24.2 Å². The number of aliphatic carboxylic acids is 5. The van der Waals surface area contributed by atoms with Crippen LogP contribution in [-0.2, 0) is 110 Å². The molecule has 1 aliphatic heterocycles. The first-order chi connectivity index (χ1) is 58.3. The van der Waals surface area contributed by atoms with E-state index in [2.05, 4.69) is 37.2 Å². The number of likely N-dealkylation sites (tertiary alicyclic amines) is 1. The van der Waals surface area contributed by atoms with Crippen LogP contribution >= 0.6 is 32.9 Å². The minimum Gasteiger partial charge on any atom is -0.508 e. The number of carboxylic acid groups (broad SMARTS) is 5. The number of likely N-dealkylation sites (N-methyl/N-ethyl adjacent to an activating group) is 1. The number of benzene rings is 2. The molecule has 11 atom stereocenters. The number of carbonyl (C=O) groups excluding carboxylic acids is 14. The zero-order valence-electron chi connectivity index (χ0n) is 70.4. The molecule has 0 aliphatic carbocycles. The topological polar surface area (TPSA) is 577 Å². The number of ether oxygens (including phenoxy) is 3. The third kappa shape index (κ3) is 42.2. The van der Waals surface area contributed by atoms with Gasteiger partial charge in [-0.3, -0.25) is 67.2 Å². The highest BCUT2D eigenvalue weighted by molar-refractivity contribution is 8.76. The fraction of sp³-hybridized carbons (Fsp3) is 0.598. The SMILES string of the molecule is CCCC(=O)OCN(C(=O)[C@@H](CC(=O)[C@H]1CCCCN1C)C(C)CC)[C@H](C[C@@H](OC(C)=O)c1nc(C(=O)C[C@@H](Cc2ccc(O)cc2)C[C@H](C)C(=O)NCC(=O)OCCSSC[C@H](NC(=O)[C@H](CC(=O)O)CC(=O)[C@H](CC(=O)O)NC(=O)Cc2ccc(CNC(=O)NCCCC[C@H](NC(=O)NCCCC(=O)O)C(=O)O)cc2)C(=O)O)cs1)C(C)C.O=C=O. The van der Waals surface area contributed by atoms with E-state index in [9.17, 15) is 102 Å².